The van der Waals surface area contributed by atoms with Crippen molar-refractivity contribution in [1.29, 1.82) is 0 Å². The molecule has 2 atom stereocenters. The predicted octanol–water partition coefficient (Wildman–Crippen LogP) is 8.12. The molecule has 7 rings (SSSR count). The molecule has 4 aromatic rings. The molecule has 0 bridgehead atoms. The standard InChI is InChI=1S/C51H65ClF3N7O6S3.ClH/c1-3-59(31-32-63)24-20-42(36-69-44-7-5-4-6-8-44)57-47-18-17-45(33-48(47)70(65,66)51(53,54)55)71(67,68)58-49(64)39-11-15-43(16-12-39)62-29-27-60(28-30-62)35-40-34-50(2,37-61-25-22-56-23-26-61)21-19-46(40)38-9-13-41(52)14-10-38;/h4-18,33,42,56-57,63H,3,19-32,34-37H2,1-2H3,(H,58,64);1H. The van der Waals surface area contributed by atoms with E-state index in [2.05, 4.69) is 44.4 Å². The molecular weight excluding hydrogens is 1030 g/mol. The van der Waals surface area contributed by atoms with Crippen LogP contribution in [-0.2, 0) is 19.9 Å². The number of benzene rings is 4. The molecule has 4 N–H and O–H groups in total. The smallest absolute Gasteiger partial charge is 0.395 e. The first-order valence-corrected chi connectivity index (χ1v) is 28.5. The van der Waals surface area contributed by atoms with Crippen LogP contribution < -0.4 is 20.3 Å². The molecule has 0 radical (unpaired) electrons. The van der Waals surface area contributed by atoms with Crippen LogP contribution in [0.5, 0.6) is 0 Å². The number of thioether (sulfide) groups is 1. The van der Waals surface area contributed by atoms with Gasteiger partial charge in [0.05, 0.1) is 17.2 Å². The van der Waals surface area contributed by atoms with E-state index in [0.29, 0.717) is 42.9 Å². The zero-order valence-corrected chi connectivity index (χ0v) is 44.7. The normalized spacial score (nSPS) is 19.0. The Hall–Kier alpha value is -3.89. The van der Waals surface area contributed by atoms with Crippen LogP contribution in [0.1, 0.15) is 55.5 Å². The molecule has 3 aliphatic rings. The molecule has 2 saturated heterocycles. The second-order valence-electron chi connectivity index (χ2n) is 18.9. The number of alkyl halides is 3. The maximum atomic E-state index is 14.2. The van der Waals surface area contributed by atoms with Gasteiger partial charge >= 0.3 is 5.51 Å². The summed E-state index contributed by atoms with van der Waals surface area (Å²) in [7, 11) is -11.0. The SMILES string of the molecule is CCN(CCO)CCC(CSc1ccccc1)Nc1ccc(S(=O)(=O)NC(=O)c2ccc(N3CCN(CC4=C(c5ccc(Cl)cc5)CCC(C)(CN5CCNCC5)C4)CC3)cc2)cc1S(=O)(=O)C(F)(F)F.Cl. The molecule has 21 heteroatoms. The number of aliphatic hydroxyl groups is 1. The van der Waals surface area contributed by atoms with Crippen molar-refractivity contribution in [3.8, 4) is 0 Å². The number of sulfone groups is 1. The Morgan fingerprint density at radius 3 is 2.22 bits per heavy atom. The largest absolute Gasteiger partial charge is 0.501 e. The van der Waals surface area contributed by atoms with Crippen molar-refractivity contribution in [2.75, 3.05) is 108 Å². The Balaban J connectivity index is 0.00000847. The van der Waals surface area contributed by atoms with Crippen molar-refractivity contribution >= 4 is 78.5 Å². The highest BCUT2D eigenvalue weighted by molar-refractivity contribution is 7.99. The van der Waals surface area contributed by atoms with E-state index >= 15 is 0 Å². The Kier molecular flexibility index (Phi) is 20.4. The number of anilines is 2. The number of aliphatic hydroxyl groups excluding tert-OH is 1. The number of hydrogen-bond acceptors (Lipinski definition) is 13. The average molecular weight is 1100 g/mol. The molecule has 1 amide bonds. The number of likely N-dealkylation sites (N-methyl/N-ethyl adjacent to an activating group) is 1. The van der Waals surface area contributed by atoms with Gasteiger partial charge in [0, 0.05) is 112 Å². The van der Waals surface area contributed by atoms with Crippen molar-refractivity contribution in [3.05, 3.63) is 119 Å². The summed E-state index contributed by atoms with van der Waals surface area (Å²) < 4.78 is 98.1. The number of piperazine rings is 2. The number of halogens is 5. The van der Waals surface area contributed by atoms with Crippen molar-refractivity contribution in [2.45, 2.75) is 65.8 Å². The van der Waals surface area contributed by atoms with E-state index in [1.807, 2.05) is 59.0 Å². The van der Waals surface area contributed by atoms with Crippen LogP contribution in [0.15, 0.2) is 117 Å². The fraction of sp³-hybridized carbons (Fsp3) is 0.471. The fourth-order valence-corrected chi connectivity index (χ4v) is 12.8. The molecule has 1 aliphatic carbocycles. The molecule has 2 fully saturated rings. The van der Waals surface area contributed by atoms with Crippen molar-refractivity contribution in [1.82, 2.24) is 24.7 Å². The zero-order valence-electron chi connectivity index (χ0n) is 40.7. The Labute approximate surface area is 438 Å². The van der Waals surface area contributed by atoms with Crippen molar-refractivity contribution in [3.63, 3.8) is 0 Å². The number of carbonyl (C=O) groups is 1. The minimum absolute atomic E-state index is 0. The third-order valence-corrected chi connectivity index (χ3v) is 17.9. The van der Waals surface area contributed by atoms with Gasteiger partial charge in [0.25, 0.3) is 25.8 Å². The lowest BCUT2D eigenvalue weighted by Gasteiger charge is -2.43. The summed E-state index contributed by atoms with van der Waals surface area (Å²) in [6, 6.07) is 25.7. The minimum Gasteiger partial charge on any atom is -0.395 e. The van der Waals surface area contributed by atoms with Crippen LogP contribution in [0.2, 0.25) is 5.02 Å². The fourth-order valence-electron chi connectivity index (χ4n) is 9.68. The second kappa shape index (κ2) is 25.6. The molecule has 394 valence electrons. The Bertz CT molecular complexity index is 2680. The first kappa shape index (κ1) is 57.4. The van der Waals surface area contributed by atoms with Crippen LogP contribution in [-0.4, -0.2) is 152 Å². The highest BCUT2D eigenvalue weighted by atomic mass is 35.5. The van der Waals surface area contributed by atoms with Gasteiger partial charge in [-0.25, -0.2) is 21.6 Å². The molecule has 0 spiro atoms. The van der Waals surface area contributed by atoms with Crippen molar-refractivity contribution in [2.24, 2.45) is 5.41 Å². The molecule has 2 heterocycles. The molecule has 0 saturated carbocycles. The van der Waals surface area contributed by atoms with E-state index < -0.39 is 52.8 Å². The van der Waals surface area contributed by atoms with E-state index in [-0.39, 0.29) is 30.0 Å². The van der Waals surface area contributed by atoms with E-state index in [1.165, 1.54) is 40.6 Å². The number of carbonyl (C=O) groups excluding carboxylic acids is 1. The van der Waals surface area contributed by atoms with Gasteiger partial charge in [-0.15, -0.1) is 24.2 Å². The summed E-state index contributed by atoms with van der Waals surface area (Å²) >= 11 is 7.69. The van der Waals surface area contributed by atoms with E-state index in [1.54, 1.807) is 12.1 Å². The lowest BCUT2D eigenvalue weighted by Crippen LogP contribution is -2.49. The maximum absolute atomic E-state index is 14.2. The summed E-state index contributed by atoms with van der Waals surface area (Å²) in [6.45, 7) is 14.8. The van der Waals surface area contributed by atoms with Gasteiger partial charge in [0.2, 0.25) is 0 Å². The number of nitrogens with one attached hydrogen (secondary N) is 3. The van der Waals surface area contributed by atoms with Crippen molar-refractivity contribution < 1.29 is 39.9 Å². The quantitative estimate of drug-likeness (QED) is 0.0595. The molecule has 4 aromatic carbocycles. The number of nitrogens with zero attached hydrogens (tertiary/aromatic N) is 4. The molecule has 0 aromatic heterocycles. The van der Waals surface area contributed by atoms with Gasteiger partial charge in [0.15, 0.2) is 0 Å². The lowest BCUT2D eigenvalue weighted by molar-refractivity contribution is -0.0435. The number of amides is 1. The van der Waals surface area contributed by atoms with Crippen LogP contribution in [0.3, 0.4) is 0 Å². The number of allylic oxidation sites excluding steroid dienone is 1. The monoisotopic (exact) mass is 1100 g/mol. The van der Waals surface area contributed by atoms with Gasteiger partial charge in [-0.1, -0.05) is 61.4 Å². The molecule has 13 nitrogen and oxygen atoms in total. The van der Waals surface area contributed by atoms with Gasteiger partial charge in [-0.3, -0.25) is 9.69 Å². The van der Waals surface area contributed by atoms with Crippen LogP contribution in [0, 0.1) is 5.41 Å². The molecule has 2 aliphatic heterocycles. The van der Waals surface area contributed by atoms with Crippen LogP contribution in [0.4, 0.5) is 24.5 Å². The van der Waals surface area contributed by atoms with Gasteiger partial charge < -0.3 is 30.4 Å². The molecular formula is C51H66Cl2F3N7O6S3. The third kappa shape index (κ3) is 15.1. The minimum atomic E-state index is -6.09. The topological polar surface area (TPSA) is 155 Å². The molecule has 2 unspecified atom stereocenters. The summed E-state index contributed by atoms with van der Waals surface area (Å²) in [5, 5.41) is 16.6. The average Bonchev–Trinajstić information content (AvgIpc) is 3.35. The van der Waals surface area contributed by atoms with E-state index in [0.717, 1.165) is 107 Å². The Morgan fingerprint density at radius 1 is 0.903 bits per heavy atom. The summed E-state index contributed by atoms with van der Waals surface area (Å²) in [4.78, 5) is 21.4. The second-order valence-corrected chi connectivity index (χ2v) is 24.0. The number of sulfonamides is 1. The lowest BCUT2D eigenvalue weighted by atomic mass is 9.71. The van der Waals surface area contributed by atoms with E-state index in [9.17, 15) is 39.9 Å². The van der Waals surface area contributed by atoms with Gasteiger partial charge in [-0.05, 0) is 116 Å². The molecule has 72 heavy (non-hydrogen) atoms. The summed E-state index contributed by atoms with van der Waals surface area (Å²) in [5.41, 5.74) is -1.12. The van der Waals surface area contributed by atoms with Crippen LogP contribution in [0.25, 0.3) is 5.57 Å². The van der Waals surface area contributed by atoms with E-state index in [4.69, 9.17) is 11.6 Å². The number of rotatable bonds is 21. The number of hydrogen-bond donors (Lipinski definition) is 4. The summed E-state index contributed by atoms with van der Waals surface area (Å²) in [5.74, 6) is -0.717. The van der Waals surface area contributed by atoms with Gasteiger partial charge in [0.1, 0.15) is 4.90 Å². The maximum Gasteiger partial charge on any atom is 0.501 e. The highest BCUT2D eigenvalue weighted by Gasteiger charge is 2.48. The Morgan fingerprint density at radius 2 is 1.58 bits per heavy atom. The van der Waals surface area contributed by atoms with Gasteiger partial charge in [-0.2, -0.15) is 13.2 Å². The first-order chi connectivity index (χ1) is 33.9. The highest BCUT2D eigenvalue weighted by Crippen LogP contribution is 2.44. The summed E-state index contributed by atoms with van der Waals surface area (Å²) in [6.07, 6.45) is 3.50. The predicted molar refractivity (Wildman–Crippen MR) is 285 cm³/mol. The zero-order chi connectivity index (χ0) is 50.8. The third-order valence-electron chi connectivity index (χ3n) is 13.6. The first-order valence-electron chi connectivity index (χ1n) is 24.1. The van der Waals surface area contributed by atoms with Crippen LogP contribution >= 0.6 is 35.8 Å².